The summed E-state index contributed by atoms with van der Waals surface area (Å²) >= 11 is 0. The molecule has 0 aromatic rings. The van der Waals surface area contributed by atoms with Gasteiger partial charge in [-0.1, -0.05) is 20.8 Å². The second-order valence-corrected chi connectivity index (χ2v) is 3.95. The standard InChI is InChI=1S/C11H19F3N2/c1-4-10(5-2,6-3)16-8-9(7-15)11(12,13)14/h9,16H,4-6,8H2,1-3H3. The first kappa shape index (κ1) is 15.2. The van der Waals surface area contributed by atoms with Gasteiger partial charge in [-0.25, -0.2) is 0 Å². The second kappa shape index (κ2) is 6.09. The van der Waals surface area contributed by atoms with Crippen molar-refractivity contribution in [3.63, 3.8) is 0 Å². The lowest BCUT2D eigenvalue weighted by Crippen LogP contribution is -2.47. The largest absolute Gasteiger partial charge is 0.405 e. The third-order valence-electron chi connectivity index (χ3n) is 3.26. The number of hydrogen-bond acceptors (Lipinski definition) is 2. The first-order valence-electron chi connectivity index (χ1n) is 5.56. The molecule has 0 saturated carbocycles. The summed E-state index contributed by atoms with van der Waals surface area (Å²) in [5.74, 6) is -1.92. The van der Waals surface area contributed by atoms with E-state index in [-0.39, 0.29) is 12.1 Å². The summed E-state index contributed by atoms with van der Waals surface area (Å²) in [6.45, 7) is 5.49. The van der Waals surface area contributed by atoms with E-state index in [1.165, 1.54) is 6.07 Å². The Morgan fingerprint density at radius 3 is 1.81 bits per heavy atom. The maximum Gasteiger partial charge on any atom is 0.405 e. The molecule has 0 amide bonds. The molecule has 0 spiro atoms. The molecule has 94 valence electrons. The average Bonchev–Trinajstić information content (AvgIpc) is 2.24. The topological polar surface area (TPSA) is 35.8 Å². The lowest BCUT2D eigenvalue weighted by molar-refractivity contribution is -0.158. The summed E-state index contributed by atoms with van der Waals surface area (Å²) in [7, 11) is 0. The van der Waals surface area contributed by atoms with Crippen molar-refractivity contribution in [1.82, 2.24) is 5.32 Å². The van der Waals surface area contributed by atoms with Crippen LogP contribution in [0, 0.1) is 17.2 Å². The maximum absolute atomic E-state index is 12.3. The van der Waals surface area contributed by atoms with E-state index in [1.807, 2.05) is 20.8 Å². The highest BCUT2D eigenvalue weighted by molar-refractivity contribution is 4.93. The Morgan fingerprint density at radius 1 is 1.12 bits per heavy atom. The summed E-state index contributed by atoms with van der Waals surface area (Å²) in [5.41, 5.74) is -0.277. The minimum absolute atomic E-state index is 0.277. The minimum Gasteiger partial charge on any atom is -0.310 e. The van der Waals surface area contributed by atoms with Crippen LogP contribution in [-0.2, 0) is 0 Å². The third kappa shape index (κ3) is 4.01. The molecular formula is C11H19F3N2. The van der Waals surface area contributed by atoms with Gasteiger partial charge < -0.3 is 5.32 Å². The highest BCUT2D eigenvalue weighted by atomic mass is 19.4. The normalized spacial score (nSPS) is 14.6. The number of halogens is 3. The van der Waals surface area contributed by atoms with Crippen molar-refractivity contribution in [3.05, 3.63) is 0 Å². The summed E-state index contributed by atoms with van der Waals surface area (Å²) in [4.78, 5) is 0. The zero-order valence-electron chi connectivity index (χ0n) is 9.99. The predicted octanol–water partition coefficient (Wildman–Crippen LogP) is 3.25. The maximum atomic E-state index is 12.3. The quantitative estimate of drug-likeness (QED) is 0.768. The van der Waals surface area contributed by atoms with Gasteiger partial charge >= 0.3 is 6.18 Å². The van der Waals surface area contributed by atoms with E-state index in [1.54, 1.807) is 0 Å². The molecule has 0 aliphatic heterocycles. The molecule has 0 aromatic heterocycles. The van der Waals surface area contributed by atoms with Gasteiger partial charge in [0, 0.05) is 12.1 Å². The van der Waals surface area contributed by atoms with Crippen LogP contribution in [0.25, 0.3) is 0 Å². The molecular weight excluding hydrogens is 217 g/mol. The van der Waals surface area contributed by atoms with Crippen LogP contribution >= 0.6 is 0 Å². The number of nitrogens with zero attached hydrogens (tertiary/aromatic N) is 1. The van der Waals surface area contributed by atoms with Gasteiger partial charge in [0.1, 0.15) is 0 Å². The number of hydrogen-bond donors (Lipinski definition) is 1. The fourth-order valence-electron chi connectivity index (χ4n) is 1.68. The van der Waals surface area contributed by atoms with Crippen molar-refractivity contribution in [2.45, 2.75) is 51.7 Å². The van der Waals surface area contributed by atoms with Gasteiger partial charge in [-0.2, -0.15) is 18.4 Å². The minimum atomic E-state index is -4.44. The summed E-state index contributed by atoms with van der Waals surface area (Å²) in [5, 5.41) is 11.4. The van der Waals surface area contributed by atoms with Crippen molar-refractivity contribution in [2.75, 3.05) is 6.54 Å². The van der Waals surface area contributed by atoms with Crippen molar-refractivity contribution < 1.29 is 13.2 Å². The van der Waals surface area contributed by atoms with Gasteiger partial charge in [0.2, 0.25) is 0 Å². The molecule has 1 N–H and O–H groups in total. The molecule has 0 aliphatic rings. The van der Waals surface area contributed by atoms with E-state index in [0.717, 1.165) is 19.3 Å². The van der Waals surface area contributed by atoms with Crippen molar-refractivity contribution in [3.8, 4) is 6.07 Å². The lowest BCUT2D eigenvalue weighted by Gasteiger charge is -2.33. The first-order valence-corrected chi connectivity index (χ1v) is 5.56. The van der Waals surface area contributed by atoms with Gasteiger partial charge in [-0.05, 0) is 19.3 Å². The number of nitriles is 1. The Kier molecular flexibility index (Phi) is 5.80. The fourth-order valence-corrected chi connectivity index (χ4v) is 1.68. The van der Waals surface area contributed by atoms with Crippen molar-refractivity contribution in [2.24, 2.45) is 5.92 Å². The molecule has 0 bridgehead atoms. The van der Waals surface area contributed by atoms with Crippen LogP contribution in [0.15, 0.2) is 0 Å². The smallest absolute Gasteiger partial charge is 0.310 e. The molecule has 0 aromatic carbocycles. The number of nitrogens with one attached hydrogen (secondary N) is 1. The Labute approximate surface area is 94.8 Å². The number of rotatable bonds is 6. The Bertz CT molecular complexity index is 230. The summed E-state index contributed by atoms with van der Waals surface area (Å²) in [6.07, 6.45) is -2.16. The van der Waals surface area contributed by atoms with Crippen LogP contribution in [0.5, 0.6) is 0 Å². The van der Waals surface area contributed by atoms with Crippen molar-refractivity contribution in [1.29, 1.82) is 5.26 Å². The SMILES string of the molecule is CCC(CC)(CC)NCC(C#N)C(F)(F)F. The summed E-state index contributed by atoms with van der Waals surface area (Å²) in [6, 6.07) is 1.30. The molecule has 2 nitrogen and oxygen atoms in total. The van der Waals surface area contributed by atoms with Crippen LogP contribution in [-0.4, -0.2) is 18.3 Å². The third-order valence-corrected chi connectivity index (χ3v) is 3.26. The van der Waals surface area contributed by atoms with Gasteiger partial charge in [0.15, 0.2) is 5.92 Å². The van der Waals surface area contributed by atoms with Crippen LogP contribution in [0.2, 0.25) is 0 Å². The van der Waals surface area contributed by atoms with Crippen LogP contribution in [0.1, 0.15) is 40.0 Å². The van der Waals surface area contributed by atoms with E-state index in [9.17, 15) is 13.2 Å². The number of alkyl halides is 3. The molecule has 1 unspecified atom stereocenters. The van der Waals surface area contributed by atoms with E-state index in [0.29, 0.717) is 0 Å². The molecule has 5 heteroatoms. The van der Waals surface area contributed by atoms with E-state index in [2.05, 4.69) is 5.32 Å². The van der Waals surface area contributed by atoms with Gasteiger partial charge in [-0.15, -0.1) is 0 Å². The monoisotopic (exact) mass is 236 g/mol. The average molecular weight is 236 g/mol. The van der Waals surface area contributed by atoms with Gasteiger partial charge in [0.05, 0.1) is 6.07 Å². The van der Waals surface area contributed by atoms with Crippen LogP contribution < -0.4 is 5.32 Å². The van der Waals surface area contributed by atoms with Crippen molar-refractivity contribution >= 4 is 0 Å². The van der Waals surface area contributed by atoms with E-state index >= 15 is 0 Å². The lowest BCUT2D eigenvalue weighted by atomic mass is 9.89. The molecule has 0 rings (SSSR count). The summed E-state index contributed by atoms with van der Waals surface area (Å²) < 4.78 is 37.0. The highest BCUT2D eigenvalue weighted by Gasteiger charge is 2.40. The molecule has 16 heavy (non-hydrogen) atoms. The Balaban J connectivity index is 4.47. The Morgan fingerprint density at radius 2 is 1.56 bits per heavy atom. The fraction of sp³-hybridized carbons (Fsp3) is 0.909. The van der Waals surface area contributed by atoms with Gasteiger partial charge in [0.25, 0.3) is 0 Å². The first-order chi connectivity index (χ1) is 7.35. The zero-order chi connectivity index (χ0) is 12.8. The molecule has 0 saturated heterocycles. The highest BCUT2D eigenvalue weighted by Crippen LogP contribution is 2.27. The van der Waals surface area contributed by atoms with E-state index in [4.69, 9.17) is 5.26 Å². The van der Waals surface area contributed by atoms with Crippen LogP contribution in [0.4, 0.5) is 13.2 Å². The van der Waals surface area contributed by atoms with E-state index < -0.39 is 12.1 Å². The predicted molar refractivity (Wildman–Crippen MR) is 56.8 cm³/mol. The van der Waals surface area contributed by atoms with Gasteiger partial charge in [-0.3, -0.25) is 0 Å². The molecule has 0 fully saturated rings. The Hall–Kier alpha value is -0.760. The zero-order valence-corrected chi connectivity index (χ0v) is 9.99. The molecule has 0 heterocycles. The molecule has 0 radical (unpaired) electrons. The molecule has 1 atom stereocenters. The second-order valence-electron chi connectivity index (χ2n) is 3.95. The van der Waals surface area contributed by atoms with Crippen LogP contribution in [0.3, 0.4) is 0 Å². The molecule has 0 aliphatic carbocycles.